The van der Waals surface area contributed by atoms with Crippen LogP contribution in [-0.2, 0) is 10.9 Å². The van der Waals surface area contributed by atoms with Crippen molar-refractivity contribution in [2.24, 2.45) is 0 Å². The van der Waals surface area contributed by atoms with E-state index in [0.29, 0.717) is 49.1 Å². The summed E-state index contributed by atoms with van der Waals surface area (Å²) in [6.07, 6.45) is -0.459. The molecule has 1 aromatic carbocycles. The highest BCUT2D eigenvalue weighted by atomic mass is 19.4. The molecule has 0 atom stereocenters. The van der Waals surface area contributed by atoms with Gasteiger partial charge in [0.2, 0.25) is 0 Å². The Balaban J connectivity index is 1.34. The molecule has 4 aromatic rings. The molecule has 0 unspecified atom stereocenters. The van der Waals surface area contributed by atoms with Gasteiger partial charge in [-0.2, -0.15) is 23.3 Å². The van der Waals surface area contributed by atoms with Gasteiger partial charge in [0.25, 0.3) is 5.95 Å². The first-order valence-electron chi connectivity index (χ1n) is 11.6. The molecule has 0 bridgehead atoms. The van der Waals surface area contributed by atoms with Crippen molar-refractivity contribution in [3.8, 4) is 17.3 Å². The highest BCUT2D eigenvalue weighted by Gasteiger charge is 2.31. The number of ether oxygens (including phenoxy) is 1. The van der Waals surface area contributed by atoms with E-state index in [4.69, 9.17) is 4.74 Å². The van der Waals surface area contributed by atoms with Crippen molar-refractivity contribution in [1.29, 1.82) is 0 Å². The van der Waals surface area contributed by atoms with Crippen LogP contribution < -0.4 is 15.1 Å². The molecule has 10 nitrogen and oxygen atoms in total. The minimum absolute atomic E-state index is 0.0960. The van der Waals surface area contributed by atoms with Gasteiger partial charge in [0.05, 0.1) is 48.7 Å². The lowest BCUT2D eigenvalue weighted by molar-refractivity contribution is -0.137. The summed E-state index contributed by atoms with van der Waals surface area (Å²) in [6, 6.07) is 7.07. The Morgan fingerprint density at radius 1 is 0.947 bits per heavy atom. The van der Waals surface area contributed by atoms with Gasteiger partial charge >= 0.3 is 6.18 Å². The molecule has 14 heteroatoms. The van der Waals surface area contributed by atoms with Gasteiger partial charge in [0, 0.05) is 38.6 Å². The lowest BCUT2D eigenvalue weighted by Crippen LogP contribution is -2.37. The fourth-order valence-corrected chi connectivity index (χ4v) is 3.81. The molecule has 1 N–H and O–H groups in total. The summed E-state index contributed by atoms with van der Waals surface area (Å²) in [5.41, 5.74) is 1.29. The van der Waals surface area contributed by atoms with E-state index in [2.05, 4.69) is 30.5 Å². The first-order valence-corrected chi connectivity index (χ1v) is 11.6. The molecule has 0 amide bonds. The summed E-state index contributed by atoms with van der Waals surface area (Å²) in [5, 5.41) is 11.5. The monoisotopic (exact) mass is 529 g/mol. The molecule has 5 rings (SSSR count). The lowest BCUT2D eigenvalue weighted by atomic mass is 10.1. The first-order chi connectivity index (χ1) is 18.2. The lowest BCUT2D eigenvalue weighted by Gasteiger charge is -2.27. The molecule has 4 heterocycles. The highest BCUT2D eigenvalue weighted by molar-refractivity contribution is 5.67. The number of benzene rings is 1. The van der Waals surface area contributed by atoms with Crippen LogP contribution in [0, 0.1) is 5.82 Å². The fraction of sp³-hybridized carbons (Fsp3) is 0.292. The van der Waals surface area contributed by atoms with Crippen molar-refractivity contribution in [1.82, 2.24) is 29.9 Å². The molecule has 198 valence electrons. The summed E-state index contributed by atoms with van der Waals surface area (Å²) in [5.74, 6) is -0.303. The Morgan fingerprint density at radius 2 is 1.74 bits per heavy atom. The number of rotatable bonds is 6. The number of nitrogens with one attached hydrogen (secondary N) is 1. The second kappa shape index (κ2) is 10.2. The Labute approximate surface area is 214 Å². The third-order valence-corrected chi connectivity index (χ3v) is 5.77. The number of hydrogen-bond acceptors (Lipinski definition) is 9. The van der Waals surface area contributed by atoms with E-state index in [0.717, 1.165) is 18.3 Å². The molecule has 0 radical (unpaired) electrons. The van der Waals surface area contributed by atoms with E-state index in [1.807, 2.05) is 0 Å². The molecular formula is C24H23F4N9O. The van der Waals surface area contributed by atoms with Crippen molar-refractivity contribution in [3.63, 3.8) is 0 Å². The van der Waals surface area contributed by atoms with E-state index in [9.17, 15) is 17.6 Å². The number of pyridine rings is 1. The third-order valence-electron chi connectivity index (χ3n) is 5.77. The number of halogens is 4. The van der Waals surface area contributed by atoms with Gasteiger partial charge < -0.3 is 19.9 Å². The van der Waals surface area contributed by atoms with E-state index in [1.165, 1.54) is 17.2 Å². The topological polar surface area (TPSA) is 97.1 Å². The summed E-state index contributed by atoms with van der Waals surface area (Å²) >= 11 is 0. The molecule has 1 aliphatic heterocycles. The van der Waals surface area contributed by atoms with Crippen molar-refractivity contribution in [2.45, 2.75) is 6.18 Å². The second-order valence-corrected chi connectivity index (χ2v) is 8.68. The Morgan fingerprint density at radius 3 is 2.42 bits per heavy atom. The predicted octanol–water partition coefficient (Wildman–Crippen LogP) is 3.92. The van der Waals surface area contributed by atoms with Gasteiger partial charge in [-0.05, 0) is 30.3 Å². The third kappa shape index (κ3) is 5.49. The number of morpholine rings is 1. The van der Waals surface area contributed by atoms with Gasteiger partial charge in [-0.3, -0.25) is 4.98 Å². The van der Waals surface area contributed by atoms with Gasteiger partial charge in [-0.25, -0.2) is 9.37 Å². The zero-order valence-electron chi connectivity index (χ0n) is 20.4. The van der Waals surface area contributed by atoms with E-state index >= 15 is 0 Å². The zero-order valence-corrected chi connectivity index (χ0v) is 20.4. The molecule has 3 aromatic heterocycles. The smallest absolute Gasteiger partial charge is 0.378 e. The first kappa shape index (κ1) is 25.3. The van der Waals surface area contributed by atoms with Crippen LogP contribution in [0.3, 0.4) is 0 Å². The summed E-state index contributed by atoms with van der Waals surface area (Å²) in [7, 11) is 3.34. The van der Waals surface area contributed by atoms with Crippen LogP contribution in [0.25, 0.3) is 17.3 Å². The Bertz CT molecular complexity index is 1420. The van der Waals surface area contributed by atoms with Crippen LogP contribution in [0.2, 0.25) is 0 Å². The molecule has 0 aliphatic carbocycles. The van der Waals surface area contributed by atoms with Gasteiger partial charge in [0.1, 0.15) is 5.69 Å². The molecular weight excluding hydrogens is 506 g/mol. The maximum atomic E-state index is 14.3. The Hall–Kier alpha value is -4.33. The van der Waals surface area contributed by atoms with Crippen molar-refractivity contribution in [2.75, 3.05) is 55.5 Å². The standard InChI is InChI=1S/C24H23F4N9O/c1-35(2)18-10-15(24(26,27)28)9-17(11-18)32-16-3-4-20(29-12-16)21-14-31-37(34-21)23-30-13-19(25)22(33-23)36-5-7-38-8-6-36/h3-4,9-14,32H,5-8H2,1-2H3. The van der Waals surface area contributed by atoms with Crippen LogP contribution >= 0.6 is 0 Å². The van der Waals surface area contributed by atoms with Crippen molar-refractivity contribution >= 4 is 22.9 Å². The SMILES string of the molecule is CN(C)c1cc(Nc2ccc(-c3cnn(-c4ncc(F)c(N5CCOCC5)n4)n3)nc2)cc(C(F)(F)F)c1. The highest BCUT2D eigenvalue weighted by Crippen LogP contribution is 2.35. The predicted molar refractivity (Wildman–Crippen MR) is 132 cm³/mol. The second-order valence-electron chi connectivity index (χ2n) is 8.68. The number of anilines is 4. The number of hydrogen-bond donors (Lipinski definition) is 1. The van der Waals surface area contributed by atoms with E-state index < -0.39 is 17.6 Å². The summed E-state index contributed by atoms with van der Waals surface area (Å²) in [6.45, 7) is 1.97. The minimum Gasteiger partial charge on any atom is -0.378 e. The number of alkyl halides is 3. The molecule has 1 saturated heterocycles. The van der Waals surface area contributed by atoms with Crippen molar-refractivity contribution in [3.05, 3.63) is 60.3 Å². The van der Waals surface area contributed by atoms with Crippen LogP contribution in [0.4, 0.5) is 40.4 Å². The number of nitrogens with zero attached hydrogens (tertiary/aromatic N) is 8. The molecule has 1 aliphatic rings. The molecule has 0 spiro atoms. The van der Waals surface area contributed by atoms with Crippen molar-refractivity contribution < 1.29 is 22.3 Å². The van der Waals surface area contributed by atoms with Crippen LogP contribution in [0.15, 0.2) is 48.9 Å². The average molecular weight is 530 g/mol. The van der Waals surface area contributed by atoms with Crippen LogP contribution in [0.5, 0.6) is 0 Å². The van der Waals surface area contributed by atoms with Crippen LogP contribution in [0.1, 0.15) is 5.56 Å². The van der Waals surface area contributed by atoms with Gasteiger partial charge in [0.15, 0.2) is 11.6 Å². The molecule has 1 fully saturated rings. The molecule has 0 saturated carbocycles. The van der Waals surface area contributed by atoms with Gasteiger partial charge in [-0.1, -0.05) is 0 Å². The summed E-state index contributed by atoms with van der Waals surface area (Å²) in [4.78, 5) is 17.2. The molecule has 38 heavy (non-hydrogen) atoms. The summed E-state index contributed by atoms with van der Waals surface area (Å²) < 4.78 is 59.7. The maximum Gasteiger partial charge on any atom is 0.416 e. The minimum atomic E-state index is -4.48. The average Bonchev–Trinajstić information content (AvgIpc) is 3.39. The number of aromatic nitrogens is 6. The zero-order chi connectivity index (χ0) is 26.9. The fourth-order valence-electron chi connectivity index (χ4n) is 3.81. The largest absolute Gasteiger partial charge is 0.416 e. The van der Waals surface area contributed by atoms with E-state index in [-0.39, 0.29) is 17.5 Å². The Kier molecular flexibility index (Phi) is 6.80. The maximum absolute atomic E-state index is 14.3. The van der Waals surface area contributed by atoms with E-state index in [1.54, 1.807) is 42.1 Å². The van der Waals surface area contributed by atoms with Gasteiger partial charge in [-0.15, -0.1) is 9.90 Å². The quantitative estimate of drug-likeness (QED) is 0.373. The normalized spacial score (nSPS) is 14.0. The van der Waals surface area contributed by atoms with Crippen LogP contribution in [-0.4, -0.2) is 70.3 Å².